The fraction of sp³-hybridized carbons (Fsp3) is 0.538. The van der Waals surface area contributed by atoms with Gasteiger partial charge in [0, 0.05) is 6.26 Å². The Morgan fingerprint density at radius 2 is 2.22 bits per heavy atom. The van der Waals surface area contributed by atoms with Crippen LogP contribution in [0, 0.1) is 11.7 Å². The molecule has 5 heteroatoms. The van der Waals surface area contributed by atoms with E-state index >= 15 is 0 Å². The van der Waals surface area contributed by atoms with Gasteiger partial charge >= 0.3 is 0 Å². The highest BCUT2D eigenvalue weighted by atomic mass is 32.2. The van der Waals surface area contributed by atoms with Crippen LogP contribution in [0.5, 0.6) is 0 Å². The van der Waals surface area contributed by atoms with Crippen LogP contribution in [0.25, 0.3) is 0 Å². The summed E-state index contributed by atoms with van der Waals surface area (Å²) < 4.78 is 36.5. The van der Waals surface area contributed by atoms with Crippen molar-refractivity contribution in [1.82, 2.24) is 5.32 Å². The molecule has 0 saturated carbocycles. The lowest BCUT2D eigenvalue weighted by Gasteiger charge is -2.22. The fourth-order valence-electron chi connectivity index (χ4n) is 2.33. The van der Waals surface area contributed by atoms with E-state index in [1.807, 2.05) is 0 Å². The standard InChI is InChI=1S/C13H18FNO2S/c1-18(16,17)12-5-4-11(13(14)8-12)7-10-3-2-6-15-9-10/h4-5,8,10,15H,2-3,6-7,9H2,1H3. The maximum atomic E-state index is 13.9. The molecule has 0 aliphatic carbocycles. The summed E-state index contributed by atoms with van der Waals surface area (Å²) in [4.78, 5) is 0.0468. The van der Waals surface area contributed by atoms with Gasteiger partial charge < -0.3 is 5.32 Å². The summed E-state index contributed by atoms with van der Waals surface area (Å²) in [7, 11) is -3.33. The molecule has 1 heterocycles. The molecule has 0 spiro atoms. The van der Waals surface area contributed by atoms with Crippen LogP contribution in [0.3, 0.4) is 0 Å². The normalized spacial score (nSPS) is 20.9. The zero-order chi connectivity index (χ0) is 13.2. The average molecular weight is 271 g/mol. The Labute approximate surface area is 107 Å². The molecule has 2 rings (SSSR count). The molecule has 1 atom stereocenters. The third-order valence-corrected chi connectivity index (χ3v) is 4.47. The second kappa shape index (κ2) is 5.36. The highest BCUT2D eigenvalue weighted by molar-refractivity contribution is 7.90. The maximum absolute atomic E-state index is 13.9. The monoisotopic (exact) mass is 271 g/mol. The molecule has 0 aromatic heterocycles. The van der Waals surface area contributed by atoms with E-state index in [0.717, 1.165) is 38.3 Å². The first kappa shape index (κ1) is 13.5. The minimum Gasteiger partial charge on any atom is -0.316 e. The molecule has 0 bridgehead atoms. The maximum Gasteiger partial charge on any atom is 0.175 e. The molecule has 0 amide bonds. The third-order valence-electron chi connectivity index (χ3n) is 3.36. The van der Waals surface area contributed by atoms with Gasteiger partial charge in [0.05, 0.1) is 4.90 Å². The number of sulfone groups is 1. The summed E-state index contributed by atoms with van der Waals surface area (Å²) in [6.45, 7) is 1.94. The molecular formula is C13H18FNO2S. The largest absolute Gasteiger partial charge is 0.316 e. The second-order valence-corrected chi connectivity index (χ2v) is 6.96. The predicted octanol–water partition coefficient (Wildman–Crippen LogP) is 1.77. The van der Waals surface area contributed by atoms with Gasteiger partial charge in [0.1, 0.15) is 5.82 Å². The minimum absolute atomic E-state index is 0.0468. The topological polar surface area (TPSA) is 46.2 Å². The quantitative estimate of drug-likeness (QED) is 0.911. The van der Waals surface area contributed by atoms with E-state index in [-0.39, 0.29) is 4.90 Å². The minimum atomic E-state index is -3.33. The molecule has 1 aromatic carbocycles. The van der Waals surface area contributed by atoms with E-state index in [2.05, 4.69) is 5.32 Å². The average Bonchev–Trinajstić information content (AvgIpc) is 2.32. The Hall–Kier alpha value is -0.940. The van der Waals surface area contributed by atoms with Crippen LogP contribution in [0.15, 0.2) is 23.1 Å². The van der Waals surface area contributed by atoms with E-state index < -0.39 is 15.7 Å². The van der Waals surface area contributed by atoms with Crippen molar-refractivity contribution in [1.29, 1.82) is 0 Å². The van der Waals surface area contributed by atoms with E-state index in [4.69, 9.17) is 0 Å². The second-order valence-electron chi connectivity index (χ2n) is 4.94. The number of hydrogen-bond donors (Lipinski definition) is 1. The van der Waals surface area contributed by atoms with Crippen LogP contribution in [-0.4, -0.2) is 27.8 Å². The van der Waals surface area contributed by atoms with Crippen molar-refractivity contribution in [2.45, 2.75) is 24.2 Å². The molecule has 1 aliphatic heterocycles. The Kier molecular flexibility index (Phi) is 4.02. The Morgan fingerprint density at radius 3 is 2.78 bits per heavy atom. The van der Waals surface area contributed by atoms with Gasteiger partial charge in [-0.25, -0.2) is 12.8 Å². The van der Waals surface area contributed by atoms with Crippen LogP contribution in [0.1, 0.15) is 18.4 Å². The molecule has 18 heavy (non-hydrogen) atoms. The summed E-state index contributed by atoms with van der Waals surface area (Å²) in [5.41, 5.74) is 0.608. The zero-order valence-corrected chi connectivity index (χ0v) is 11.3. The molecule has 1 aromatic rings. The van der Waals surface area contributed by atoms with Gasteiger partial charge in [-0.05, 0) is 56.0 Å². The molecule has 1 saturated heterocycles. The van der Waals surface area contributed by atoms with Crippen LogP contribution < -0.4 is 5.32 Å². The van der Waals surface area contributed by atoms with Crippen molar-refractivity contribution >= 4 is 9.84 Å². The molecule has 0 radical (unpaired) electrons. The summed E-state index contributed by atoms with van der Waals surface area (Å²) in [5.74, 6) is 0.0285. The van der Waals surface area contributed by atoms with Gasteiger partial charge in [0.25, 0.3) is 0 Å². The lowest BCUT2D eigenvalue weighted by Crippen LogP contribution is -2.31. The number of hydrogen-bond acceptors (Lipinski definition) is 3. The van der Waals surface area contributed by atoms with Crippen LogP contribution >= 0.6 is 0 Å². The molecule has 3 nitrogen and oxygen atoms in total. The lowest BCUT2D eigenvalue weighted by atomic mass is 9.92. The van der Waals surface area contributed by atoms with Crippen molar-refractivity contribution in [3.8, 4) is 0 Å². The molecular weight excluding hydrogens is 253 g/mol. The first-order chi connectivity index (χ1) is 8.47. The van der Waals surface area contributed by atoms with Crippen LogP contribution in [0.2, 0.25) is 0 Å². The van der Waals surface area contributed by atoms with E-state index in [0.29, 0.717) is 17.9 Å². The van der Waals surface area contributed by atoms with Gasteiger partial charge in [-0.1, -0.05) is 6.07 Å². The Bertz CT molecular complexity index is 522. The molecule has 1 aliphatic rings. The first-order valence-corrected chi connectivity index (χ1v) is 8.05. The Balaban J connectivity index is 2.14. The van der Waals surface area contributed by atoms with E-state index in [1.54, 1.807) is 6.07 Å². The van der Waals surface area contributed by atoms with Gasteiger partial charge in [0.15, 0.2) is 9.84 Å². The van der Waals surface area contributed by atoms with Crippen LogP contribution in [-0.2, 0) is 16.3 Å². The smallest absolute Gasteiger partial charge is 0.175 e. The highest BCUT2D eigenvalue weighted by Crippen LogP contribution is 2.21. The number of rotatable bonds is 3. The fourth-order valence-corrected chi connectivity index (χ4v) is 2.97. The van der Waals surface area contributed by atoms with E-state index in [9.17, 15) is 12.8 Å². The third kappa shape index (κ3) is 3.29. The van der Waals surface area contributed by atoms with Gasteiger partial charge in [-0.2, -0.15) is 0 Å². The summed E-state index contributed by atoms with van der Waals surface area (Å²) >= 11 is 0. The van der Waals surface area contributed by atoms with Crippen LogP contribution in [0.4, 0.5) is 4.39 Å². The van der Waals surface area contributed by atoms with Crippen molar-refractivity contribution in [3.05, 3.63) is 29.6 Å². The molecule has 100 valence electrons. The lowest BCUT2D eigenvalue weighted by molar-refractivity contribution is 0.372. The van der Waals surface area contributed by atoms with E-state index in [1.165, 1.54) is 6.07 Å². The first-order valence-electron chi connectivity index (χ1n) is 6.16. The van der Waals surface area contributed by atoms with Gasteiger partial charge in [-0.3, -0.25) is 0 Å². The number of piperidine rings is 1. The van der Waals surface area contributed by atoms with Crippen molar-refractivity contribution in [3.63, 3.8) is 0 Å². The molecule has 1 unspecified atom stereocenters. The molecule has 1 N–H and O–H groups in total. The van der Waals surface area contributed by atoms with Gasteiger partial charge in [-0.15, -0.1) is 0 Å². The summed E-state index contributed by atoms with van der Waals surface area (Å²) in [6, 6.07) is 4.21. The number of halogens is 1. The van der Waals surface area contributed by atoms with Crippen molar-refractivity contribution < 1.29 is 12.8 Å². The van der Waals surface area contributed by atoms with Crippen molar-refractivity contribution in [2.24, 2.45) is 5.92 Å². The SMILES string of the molecule is CS(=O)(=O)c1ccc(CC2CCCNC2)c(F)c1. The number of benzene rings is 1. The summed E-state index contributed by atoms with van der Waals surface area (Å²) in [5, 5.41) is 3.29. The zero-order valence-electron chi connectivity index (χ0n) is 10.4. The number of nitrogens with one attached hydrogen (secondary N) is 1. The Morgan fingerprint density at radius 1 is 1.44 bits per heavy atom. The van der Waals surface area contributed by atoms with Gasteiger partial charge in [0.2, 0.25) is 0 Å². The van der Waals surface area contributed by atoms with Crippen molar-refractivity contribution in [2.75, 3.05) is 19.3 Å². The highest BCUT2D eigenvalue weighted by Gasteiger charge is 2.17. The summed E-state index contributed by atoms with van der Waals surface area (Å²) in [6.07, 6.45) is 3.98. The predicted molar refractivity (Wildman–Crippen MR) is 68.8 cm³/mol. The molecule has 1 fully saturated rings.